The van der Waals surface area contributed by atoms with Crippen molar-refractivity contribution < 1.29 is 4.73 Å². The molecular weight excluding hydrogens is 318 g/mol. The molecule has 0 fully saturated rings. The van der Waals surface area contributed by atoms with Gasteiger partial charge in [0.25, 0.3) is 5.56 Å². The maximum Gasteiger partial charge on any atom is 0.256 e. The Kier molecular flexibility index (Phi) is 3.06. The molecule has 0 spiro atoms. The van der Waals surface area contributed by atoms with Crippen LogP contribution in [0.1, 0.15) is 26.1 Å². The normalized spacial score (nSPS) is 12.0. The molecule has 7 nitrogen and oxygen atoms in total. The molecule has 0 bridgehead atoms. The van der Waals surface area contributed by atoms with Gasteiger partial charge in [-0.1, -0.05) is 13.8 Å². The Morgan fingerprint density at radius 1 is 1.32 bits per heavy atom. The van der Waals surface area contributed by atoms with Crippen molar-refractivity contribution in [2.24, 2.45) is 0 Å². The molecule has 4 aromatic rings. The van der Waals surface area contributed by atoms with Crippen LogP contribution in [0.25, 0.3) is 32.6 Å². The van der Waals surface area contributed by atoms with Crippen molar-refractivity contribution in [1.82, 2.24) is 15.0 Å². The molecule has 0 atom stereocenters. The lowest BCUT2D eigenvalue weighted by molar-refractivity contribution is -0.603. The summed E-state index contributed by atoms with van der Waals surface area (Å²) >= 11 is 0. The Morgan fingerprint density at radius 3 is 2.88 bits per heavy atom. The molecule has 0 unspecified atom stereocenters. The molecule has 2 N–H and O–H groups in total. The number of aromatic nitrogens is 4. The van der Waals surface area contributed by atoms with E-state index in [9.17, 15) is 10.0 Å². The van der Waals surface area contributed by atoms with Crippen molar-refractivity contribution in [2.45, 2.75) is 25.7 Å². The Balaban J connectivity index is 2.24. The molecule has 4 rings (SSSR count). The van der Waals surface area contributed by atoms with E-state index >= 15 is 0 Å². The van der Waals surface area contributed by atoms with Crippen LogP contribution in [0.3, 0.4) is 0 Å². The van der Waals surface area contributed by atoms with Crippen LogP contribution in [-0.4, -0.2) is 15.0 Å². The standard InChI is InChI=1S/C18H15N5O2/c1-18(2,5-6-19)17-21-14-11-3-7-20-16(24)13(11)10-4-8-23(25)9-12(10)15(14)22-17/h3-4,7-9H,5H2,1-2H3,(H,20,24)(H,21,22). The first-order valence-corrected chi connectivity index (χ1v) is 7.85. The van der Waals surface area contributed by atoms with Crippen LogP contribution in [0.2, 0.25) is 0 Å². The minimum atomic E-state index is -0.476. The first kappa shape index (κ1) is 15.1. The number of nitrogens with zero attached hydrogens (tertiary/aromatic N) is 3. The second-order valence-electron chi connectivity index (χ2n) is 6.76. The highest BCUT2D eigenvalue weighted by Gasteiger charge is 2.26. The number of fused-ring (bicyclic) bond motifs is 6. The summed E-state index contributed by atoms with van der Waals surface area (Å²) in [5, 5.41) is 23.4. The fraction of sp³-hybridized carbons (Fsp3) is 0.222. The smallest absolute Gasteiger partial charge is 0.256 e. The van der Waals surface area contributed by atoms with Gasteiger partial charge in [-0.25, -0.2) is 4.98 Å². The van der Waals surface area contributed by atoms with E-state index in [1.54, 1.807) is 12.3 Å². The molecule has 0 aliphatic rings. The highest BCUT2D eigenvalue weighted by molar-refractivity contribution is 6.22. The molecule has 0 aliphatic carbocycles. The molecule has 0 saturated carbocycles. The number of H-pyrrole nitrogens is 2. The molecule has 0 amide bonds. The molecular formula is C18H15N5O2. The number of imidazole rings is 1. The van der Waals surface area contributed by atoms with Gasteiger partial charge in [0.2, 0.25) is 0 Å². The first-order chi connectivity index (χ1) is 11.9. The zero-order valence-corrected chi connectivity index (χ0v) is 13.8. The molecule has 0 saturated heterocycles. The van der Waals surface area contributed by atoms with Crippen molar-refractivity contribution in [3.63, 3.8) is 0 Å². The van der Waals surface area contributed by atoms with Crippen LogP contribution in [0.5, 0.6) is 0 Å². The number of pyridine rings is 2. The van der Waals surface area contributed by atoms with E-state index < -0.39 is 5.41 Å². The Bertz CT molecular complexity index is 1240. The van der Waals surface area contributed by atoms with Crippen LogP contribution < -0.4 is 10.3 Å². The van der Waals surface area contributed by atoms with Crippen LogP contribution in [0, 0.1) is 16.5 Å². The first-order valence-electron chi connectivity index (χ1n) is 7.85. The lowest BCUT2D eigenvalue weighted by Gasteiger charge is -2.17. The number of benzene rings is 1. The minimum Gasteiger partial charge on any atom is -0.619 e. The van der Waals surface area contributed by atoms with Gasteiger partial charge in [0, 0.05) is 34.9 Å². The van der Waals surface area contributed by atoms with E-state index in [1.165, 1.54) is 12.4 Å². The van der Waals surface area contributed by atoms with Crippen molar-refractivity contribution in [1.29, 1.82) is 5.26 Å². The van der Waals surface area contributed by atoms with Gasteiger partial charge >= 0.3 is 0 Å². The van der Waals surface area contributed by atoms with Crippen molar-refractivity contribution in [3.8, 4) is 6.07 Å². The van der Waals surface area contributed by atoms with E-state index in [0.717, 1.165) is 5.39 Å². The Morgan fingerprint density at radius 2 is 2.12 bits per heavy atom. The highest BCUT2D eigenvalue weighted by atomic mass is 16.5. The average molecular weight is 333 g/mol. The van der Waals surface area contributed by atoms with E-state index in [-0.39, 0.29) is 5.56 Å². The van der Waals surface area contributed by atoms with Crippen molar-refractivity contribution in [2.75, 3.05) is 0 Å². The summed E-state index contributed by atoms with van der Waals surface area (Å²) in [4.78, 5) is 23.1. The van der Waals surface area contributed by atoms with Crippen LogP contribution in [-0.2, 0) is 5.41 Å². The molecule has 0 aliphatic heterocycles. The third-order valence-electron chi connectivity index (χ3n) is 4.56. The fourth-order valence-corrected chi connectivity index (χ4v) is 3.20. The number of rotatable bonds is 2. The van der Waals surface area contributed by atoms with Crippen LogP contribution >= 0.6 is 0 Å². The Hall–Kier alpha value is -3.40. The Labute approximate surface area is 142 Å². The van der Waals surface area contributed by atoms with Gasteiger partial charge in [-0.2, -0.15) is 9.99 Å². The molecule has 7 heteroatoms. The second kappa shape index (κ2) is 5.05. The van der Waals surface area contributed by atoms with Crippen LogP contribution in [0.4, 0.5) is 0 Å². The summed E-state index contributed by atoms with van der Waals surface area (Å²) in [7, 11) is 0. The van der Waals surface area contributed by atoms with Crippen molar-refractivity contribution in [3.05, 3.63) is 52.1 Å². The zero-order chi connectivity index (χ0) is 17.8. The van der Waals surface area contributed by atoms with Gasteiger partial charge in [0.05, 0.1) is 22.4 Å². The number of hydrogen-bond donors (Lipinski definition) is 2. The third kappa shape index (κ3) is 2.15. The summed E-state index contributed by atoms with van der Waals surface area (Å²) in [6, 6.07) is 5.62. The molecule has 3 heterocycles. The molecule has 1 aromatic carbocycles. The third-order valence-corrected chi connectivity index (χ3v) is 4.56. The average Bonchev–Trinajstić information content (AvgIpc) is 3.02. The number of hydrogen-bond acceptors (Lipinski definition) is 4. The molecule has 124 valence electrons. The quantitative estimate of drug-likeness (QED) is 0.333. The van der Waals surface area contributed by atoms with E-state index in [0.29, 0.717) is 44.2 Å². The van der Waals surface area contributed by atoms with Gasteiger partial charge in [-0.05, 0) is 6.07 Å². The summed E-state index contributed by atoms with van der Waals surface area (Å²) in [5.41, 5.74) is 0.621. The van der Waals surface area contributed by atoms with E-state index in [1.807, 2.05) is 19.9 Å². The highest BCUT2D eigenvalue weighted by Crippen LogP contribution is 2.34. The molecule has 0 radical (unpaired) electrons. The number of aromatic amines is 2. The predicted molar refractivity (Wildman–Crippen MR) is 93.9 cm³/mol. The number of nitrogens with one attached hydrogen (secondary N) is 2. The van der Waals surface area contributed by atoms with Gasteiger partial charge in [0.1, 0.15) is 11.3 Å². The maximum atomic E-state index is 12.4. The molecule has 3 aromatic heterocycles. The monoisotopic (exact) mass is 333 g/mol. The van der Waals surface area contributed by atoms with E-state index in [2.05, 4.69) is 21.0 Å². The van der Waals surface area contributed by atoms with Crippen molar-refractivity contribution >= 4 is 32.6 Å². The maximum absolute atomic E-state index is 12.4. The predicted octanol–water partition coefficient (Wildman–Crippen LogP) is 2.38. The van der Waals surface area contributed by atoms with E-state index in [4.69, 9.17) is 5.26 Å². The second-order valence-corrected chi connectivity index (χ2v) is 6.76. The summed E-state index contributed by atoms with van der Waals surface area (Å²) in [5.74, 6) is 0.652. The lowest BCUT2D eigenvalue weighted by atomic mass is 9.89. The fourth-order valence-electron chi connectivity index (χ4n) is 3.20. The van der Waals surface area contributed by atoms with Gasteiger partial charge < -0.3 is 15.2 Å². The van der Waals surface area contributed by atoms with Gasteiger partial charge in [-0.15, -0.1) is 0 Å². The molecule has 25 heavy (non-hydrogen) atoms. The minimum absolute atomic E-state index is 0.222. The van der Waals surface area contributed by atoms with Gasteiger partial charge in [-0.3, -0.25) is 4.79 Å². The zero-order valence-electron chi connectivity index (χ0n) is 13.8. The topological polar surface area (TPSA) is 112 Å². The summed E-state index contributed by atoms with van der Waals surface area (Å²) in [6.07, 6.45) is 4.68. The largest absolute Gasteiger partial charge is 0.619 e. The van der Waals surface area contributed by atoms with Gasteiger partial charge in [0.15, 0.2) is 12.4 Å². The summed E-state index contributed by atoms with van der Waals surface area (Å²) < 4.78 is 0.694. The SMILES string of the molecule is CC(C)(CC#N)c1nc2c3c[n+]([O-])ccc3c3c(=O)[nH]ccc3c2[nH]1. The lowest BCUT2D eigenvalue weighted by Crippen LogP contribution is -2.24. The summed E-state index contributed by atoms with van der Waals surface area (Å²) in [6.45, 7) is 3.86. The number of nitriles is 1. The van der Waals surface area contributed by atoms with Crippen LogP contribution in [0.15, 0.2) is 35.5 Å².